The summed E-state index contributed by atoms with van der Waals surface area (Å²) in [6.45, 7) is 0. The number of benzene rings is 1. The van der Waals surface area contributed by atoms with E-state index in [0.717, 1.165) is 0 Å². The Balaban J connectivity index is 2.40. The maximum absolute atomic E-state index is 12.7. The standard InChI is InChI=1S/C11H8BrF3O3/c12-6-1-2-8-5(3-6)4-7(10(16)17)9(18-8)11(13,14)15/h1-3,7,9H,4H2,(H,16,17)/t7-,9-/m1/s1. The highest BCUT2D eigenvalue weighted by molar-refractivity contribution is 9.10. The molecule has 2 rings (SSSR count). The van der Waals surface area contributed by atoms with Gasteiger partial charge in [0.2, 0.25) is 6.10 Å². The molecule has 7 heteroatoms. The summed E-state index contributed by atoms with van der Waals surface area (Å²) < 4.78 is 43.6. The number of hydrogen-bond donors (Lipinski definition) is 1. The first-order chi connectivity index (χ1) is 8.29. The number of fused-ring (bicyclic) bond motifs is 1. The molecule has 1 aliphatic rings. The second-order valence-electron chi connectivity index (χ2n) is 3.98. The Morgan fingerprint density at radius 2 is 2.11 bits per heavy atom. The van der Waals surface area contributed by atoms with E-state index in [1.54, 1.807) is 12.1 Å². The molecular formula is C11H8BrF3O3. The second kappa shape index (κ2) is 4.46. The minimum absolute atomic E-state index is 0.0815. The van der Waals surface area contributed by atoms with Crippen LogP contribution in [0.3, 0.4) is 0 Å². The summed E-state index contributed by atoms with van der Waals surface area (Å²) in [6.07, 6.45) is -7.20. The normalized spacial score (nSPS) is 23.1. The maximum Gasteiger partial charge on any atom is 0.426 e. The third-order valence-electron chi connectivity index (χ3n) is 2.72. The van der Waals surface area contributed by atoms with Gasteiger partial charge in [0.1, 0.15) is 11.7 Å². The van der Waals surface area contributed by atoms with Crippen LogP contribution in [0.15, 0.2) is 22.7 Å². The topological polar surface area (TPSA) is 46.5 Å². The van der Waals surface area contributed by atoms with Gasteiger partial charge in [-0.1, -0.05) is 15.9 Å². The highest BCUT2D eigenvalue weighted by Crippen LogP contribution is 2.39. The number of aliphatic carboxylic acids is 1. The summed E-state index contributed by atoms with van der Waals surface area (Å²) in [7, 11) is 0. The van der Waals surface area contributed by atoms with Crippen LogP contribution in [-0.2, 0) is 11.2 Å². The largest absolute Gasteiger partial charge is 0.481 e. The van der Waals surface area contributed by atoms with Gasteiger partial charge in [0.05, 0.1) is 0 Å². The van der Waals surface area contributed by atoms with Crippen LogP contribution in [0.1, 0.15) is 5.56 Å². The van der Waals surface area contributed by atoms with Gasteiger partial charge in [-0.15, -0.1) is 0 Å². The van der Waals surface area contributed by atoms with Crippen LogP contribution >= 0.6 is 15.9 Å². The Morgan fingerprint density at radius 3 is 2.67 bits per heavy atom. The van der Waals surface area contributed by atoms with Crippen LogP contribution in [0.2, 0.25) is 0 Å². The minimum Gasteiger partial charge on any atom is -0.481 e. The number of carbonyl (C=O) groups is 1. The van der Waals surface area contributed by atoms with Crippen molar-refractivity contribution in [2.75, 3.05) is 0 Å². The molecule has 1 aromatic carbocycles. The lowest BCUT2D eigenvalue weighted by molar-refractivity contribution is -0.217. The fraction of sp³-hybridized carbons (Fsp3) is 0.364. The molecule has 0 aliphatic carbocycles. The van der Waals surface area contributed by atoms with E-state index in [1.807, 2.05) is 0 Å². The van der Waals surface area contributed by atoms with E-state index in [4.69, 9.17) is 9.84 Å². The SMILES string of the molecule is O=C(O)[C@@H]1Cc2cc(Br)ccc2O[C@H]1C(F)(F)F. The van der Waals surface area contributed by atoms with E-state index < -0.39 is 24.2 Å². The molecule has 1 aliphatic heterocycles. The Bertz CT molecular complexity index is 487. The maximum atomic E-state index is 12.7. The number of halogens is 4. The Labute approximate surface area is 109 Å². The average Bonchev–Trinajstić information content (AvgIpc) is 2.25. The van der Waals surface area contributed by atoms with Crippen LogP contribution in [0, 0.1) is 5.92 Å². The summed E-state index contributed by atoms with van der Waals surface area (Å²) in [6, 6.07) is 4.52. The first-order valence-corrected chi connectivity index (χ1v) is 5.83. The monoisotopic (exact) mass is 324 g/mol. The number of alkyl halides is 3. The minimum atomic E-state index is -4.70. The van der Waals surface area contributed by atoms with Gasteiger partial charge in [-0.25, -0.2) is 0 Å². The van der Waals surface area contributed by atoms with E-state index in [2.05, 4.69) is 15.9 Å². The third kappa shape index (κ3) is 2.45. The first-order valence-electron chi connectivity index (χ1n) is 5.03. The summed E-state index contributed by atoms with van der Waals surface area (Å²) in [5.74, 6) is -3.05. The summed E-state index contributed by atoms with van der Waals surface area (Å²) in [5, 5.41) is 8.88. The lowest BCUT2D eigenvalue weighted by Crippen LogP contribution is -2.47. The molecular weight excluding hydrogens is 317 g/mol. The molecule has 2 atom stereocenters. The number of ether oxygens (including phenoxy) is 1. The molecule has 1 heterocycles. The van der Waals surface area contributed by atoms with Crippen molar-refractivity contribution < 1.29 is 27.8 Å². The molecule has 0 amide bonds. The molecule has 0 bridgehead atoms. The quantitative estimate of drug-likeness (QED) is 0.863. The predicted octanol–water partition coefficient (Wildman–Crippen LogP) is 3.02. The molecule has 3 nitrogen and oxygen atoms in total. The lowest BCUT2D eigenvalue weighted by atomic mass is 9.90. The van der Waals surface area contributed by atoms with Crippen molar-refractivity contribution in [2.24, 2.45) is 5.92 Å². The van der Waals surface area contributed by atoms with Gasteiger partial charge in [-0.3, -0.25) is 4.79 Å². The molecule has 1 N–H and O–H groups in total. The molecule has 0 radical (unpaired) electrons. The fourth-order valence-electron chi connectivity index (χ4n) is 1.90. The highest BCUT2D eigenvalue weighted by atomic mass is 79.9. The highest BCUT2D eigenvalue weighted by Gasteiger charge is 2.52. The van der Waals surface area contributed by atoms with Crippen molar-refractivity contribution in [3.63, 3.8) is 0 Å². The zero-order valence-corrected chi connectivity index (χ0v) is 10.5. The van der Waals surface area contributed by atoms with Crippen LogP contribution < -0.4 is 4.74 Å². The number of carboxylic acid groups (broad SMARTS) is 1. The molecule has 0 saturated heterocycles. The first kappa shape index (κ1) is 13.2. The lowest BCUT2D eigenvalue weighted by Gasteiger charge is -2.32. The Hall–Kier alpha value is -1.24. The number of hydrogen-bond acceptors (Lipinski definition) is 2. The molecule has 0 aromatic heterocycles. The van der Waals surface area contributed by atoms with E-state index >= 15 is 0 Å². The van der Waals surface area contributed by atoms with Gasteiger partial charge in [0.15, 0.2) is 0 Å². The van der Waals surface area contributed by atoms with E-state index in [9.17, 15) is 18.0 Å². The van der Waals surface area contributed by atoms with Crippen LogP contribution in [0.25, 0.3) is 0 Å². The third-order valence-corrected chi connectivity index (χ3v) is 3.21. The van der Waals surface area contributed by atoms with Crippen molar-refractivity contribution >= 4 is 21.9 Å². The van der Waals surface area contributed by atoms with Crippen LogP contribution in [0.4, 0.5) is 13.2 Å². The average molecular weight is 325 g/mol. The molecule has 0 saturated carbocycles. The van der Waals surface area contributed by atoms with Crippen molar-refractivity contribution in [3.8, 4) is 5.75 Å². The number of carboxylic acids is 1. The van der Waals surface area contributed by atoms with E-state index in [1.165, 1.54) is 6.07 Å². The van der Waals surface area contributed by atoms with Gasteiger partial charge in [0.25, 0.3) is 0 Å². The van der Waals surface area contributed by atoms with Gasteiger partial charge in [0, 0.05) is 4.47 Å². The predicted molar refractivity (Wildman–Crippen MR) is 59.4 cm³/mol. The van der Waals surface area contributed by atoms with Crippen molar-refractivity contribution in [3.05, 3.63) is 28.2 Å². The summed E-state index contributed by atoms with van der Waals surface area (Å²) in [4.78, 5) is 10.9. The number of rotatable bonds is 1. The molecule has 0 unspecified atom stereocenters. The summed E-state index contributed by atoms with van der Waals surface area (Å²) >= 11 is 3.18. The van der Waals surface area contributed by atoms with Gasteiger partial charge < -0.3 is 9.84 Å². The van der Waals surface area contributed by atoms with Gasteiger partial charge in [-0.05, 0) is 30.2 Å². The van der Waals surface area contributed by atoms with Crippen LogP contribution in [0.5, 0.6) is 5.75 Å². The van der Waals surface area contributed by atoms with Gasteiger partial charge >= 0.3 is 12.1 Å². The summed E-state index contributed by atoms with van der Waals surface area (Å²) in [5.41, 5.74) is 0.456. The molecule has 1 aromatic rings. The fourth-order valence-corrected chi connectivity index (χ4v) is 2.31. The van der Waals surface area contributed by atoms with Crippen LogP contribution in [-0.4, -0.2) is 23.4 Å². The Morgan fingerprint density at radius 1 is 1.44 bits per heavy atom. The van der Waals surface area contributed by atoms with E-state index in [-0.39, 0.29) is 12.2 Å². The Kier molecular flexibility index (Phi) is 3.27. The smallest absolute Gasteiger partial charge is 0.426 e. The van der Waals surface area contributed by atoms with E-state index in [0.29, 0.717) is 10.0 Å². The zero-order chi connectivity index (χ0) is 13.5. The second-order valence-corrected chi connectivity index (χ2v) is 4.90. The zero-order valence-electron chi connectivity index (χ0n) is 8.87. The van der Waals surface area contributed by atoms with Gasteiger partial charge in [-0.2, -0.15) is 13.2 Å². The molecule has 0 fully saturated rings. The van der Waals surface area contributed by atoms with Crippen molar-refractivity contribution in [1.82, 2.24) is 0 Å². The molecule has 0 spiro atoms. The van der Waals surface area contributed by atoms with Crippen molar-refractivity contribution in [1.29, 1.82) is 0 Å². The van der Waals surface area contributed by atoms with Crippen molar-refractivity contribution in [2.45, 2.75) is 18.7 Å². The molecule has 18 heavy (non-hydrogen) atoms. The molecule has 98 valence electrons.